The molecule has 7 heteroatoms. The minimum atomic E-state index is -1.85. The fourth-order valence-electron chi connectivity index (χ4n) is 1.17. The van der Waals surface area contributed by atoms with Crippen molar-refractivity contribution in [1.82, 2.24) is 5.32 Å². The number of rotatable bonds is 8. The molecule has 0 saturated heterocycles. The summed E-state index contributed by atoms with van der Waals surface area (Å²) in [4.78, 5) is 11.3. The highest BCUT2D eigenvalue weighted by atomic mass is 16.4. The molecule has 6 N–H and O–H groups in total. The summed E-state index contributed by atoms with van der Waals surface area (Å²) in [6, 6.07) is 0. The molecule has 0 radical (unpaired) electrons. The van der Waals surface area contributed by atoms with Crippen LogP contribution in [0.4, 0.5) is 0 Å². The van der Waals surface area contributed by atoms with Gasteiger partial charge in [-0.05, 0) is 6.42 Å². The maximum Gasteiger partial charge on any atom is 0.251 e. The van der Waals surface area contributed by atoms with E-state index in [0.29, 0.717) is 6.54 Å². The predicted molar refractivity (Wildman–Crippen MR) is 59.0 cm³/mol. The summed E-state index contributed by atoms with van der Waals surface area (Å²) < 4.78 is 0. The van der Waals surface area contributed by atoms with Crippen LogP contribution in [0.5, 0.6) is 0 Å². The van der Waals surface area contributed by atoms with E-state index >= 15 is 0 Å². The molecule has 0 saturated carbocycles. The molecule has 0 bridgehead atoms. The Morgan fingerprint density at radius 3 is 2.24 bits per heavy atom. The largest absolute Gasteiger partial charge is 0.394 e. The zero-order valence-electron chi connectivity index (χ0n) is 9.78. The van der Waals surface area contributed by atoms with Gasteiger partial charge in [-0.1, -0.05) is 13.3 Å². The first-order valence-electron chi connectivity index (χ1n) is 5.56. The van der Waals surface area contributed by atoms with E-state index in [2.05, 4.69) is 5.32 Å². The van der Waals surface area contributed by atoms with E-state index in [9.17, 15) is 20.1 Å². The Morgan fingerprint density at radius 1 is 1.18 bits per heavy atom. The molecule has 1 amide bonds. The lowest BCUT2D eigenvalue weighted by Gasteiger charge is -2.24. The van der Waals surface area contributed by atoms with Crippen molar-refractivity contribution >= 4 is 5.91 Å². The molecule has 0 aromatic heterocycles. The number of carbonyl (C=O) groups is 1. The first kappa shape index (κ1) is 16.3. The summed E-state index contributed by atoms with van der Waals surface area (Å²) in [6.07, 6.45) is -5.49. The van der Waals surface area contributed by atoms with Gasteiger partial charge < -0.3 is 30.8 Å². The van der Waals surface area contributed by atoms with Crippen LogP contribution in [0, 0.1) is 0 Å². The van der Waals surface area contributed by atoms with E-state index in [1.165, 1.54) is 0 Å². The van der Waals surface area contributed by atoms with Crippen LogP contribution in [0.2, 0.25) is 0 Å². The predicted octanol–water partition coefficient (Wildman–Crippen LogP) is -2.66. The molecule has 0 aliphatic rings. The highest BCUT2D eigenvalue weighted by molar-refractivity contribution is 5.81. The zero-order chi connectivity index (χ0) is 13.4. The summed E-state index contributed by atoms with van der Waals surface area (Å²) >= 11 is 0. The lowest BCUT2D eigenvalue weighted by Crippen LogP contribution is -2.51. The smallest absolute Gasteiger partial charge is 0.251 e. The van der Waals surface area contributed by atoms with E-state index < -0.39 is 36.9 Å². The first-order valence-corrected chi connectivity index (χ1v) is 5.56. The quantitative estimate of drug-likeness (QED) is 0.261. The van der Waals surface area contributed by atoms with Crippen molar-refractivity contribution in [3.8, 4) is 0 Å². The third-order valence-corrected chi connectivity index (χ3v) is 2.35. The lowest BCUT2D eigenvalue weighted by molar-refractivity contribution is -0.148. The normalized spacial score (nSPS) is 18.2. The average Bonchev–Trinajstić information content (AvgIpc) is 2.35. The number of unbranched alkanes of at least 4 members (excludes halogenated alkanes) is 1. The summed E-state index contributed by atoms with van der Waals surface area (Å²) in [6.45, 7) is 1.51. The molecule has 7 nitrogen and oxygen atoms in total. The maximum atomic E-state index is 11.3. The number of hydrogen-bond acceptors (Lipinski definition) is 6. The van der Waals surface area contributed by atoms with Crippen molar-refractivity contribution in [2.75, 3.05) is 13.2 Å². The van der Waals surface area contributed by atoms with E-state index in [4.69, 9.17) is 10.2 Å². The van der Waals surface area contributed by atoms with Crippen LogP contribution in [0.25, 0.3) is 0 Å². The number of amides is 1. The van der Waals surface area contributed by atoms with Crippen LogP contribution in [-0.4, -0.2) is 69.0 Å². The second kappa shape index (κ2) is 8.37. The van der Waals surface area contributed by atoms with Crippen molar-refractivity contribution in [1.29, 1.82) is 0 Å². The van der Waals surface area contributed by atoms with Crippen molar-refractivity contribution in [2.24, 2.45) is 0 Å². The number of aliphatic hydroxyl groups excluding tert-OH is 5. The van der Waals surface area contributed by atoms with Crippen LogP contribution >= 0.6 is 0 Å². The standard InChI is InChI=1S/C10H21NO6/c1-2-3-4-11-10(17)9(16)8(15)7(14)6(13)5-12/h6-9,12-16H,2-5H2,1H3,(H,11,17)/t6-,7-,8-,9-/m1/s1. The Kier molecular flexibility index (Phi) is 8.01. The number of aliphatic hydroxyl groups is 5. The average molecular weight is 251 g/mol. The Morgan fingerprint density at radius 2 is 1.76 bits per heavy atom. The van der Waals surface area contributed by atoms with Gasteiger partial charge in [0.05, 0.1) is 6.61 Å². The van der Waals surface area contributed by atoms with E-state index in [1.807, 2.05) is 6.92 Å². The van der Waals surface area contributed by atoms with Gasteiger partial charge in [0.25, 0.3) is 5.91 Å². The van der Waals surface area contributed by atoms with Crippen LogP contribution < -0.4 is 5.32 Å². The molecule has 0 spiro atoms. The van der Waals surface area contributed by atoms with Crippen LogP contribution in [0.3, 0.4) is 0 Å². The Hall–Kier alpha value is -0.730. The van der Waals surface area contributed by atoms with Crippen LogP contribution in [0.15, 0.2) is 0 Å². The van der Waals surface area contributed by atoms with Gasteiger partial charge in [-0.3, -0.25) is 4.79 Å². The third kappa shape index (κ3) is 5.42. The van der Waals surface area contributed by atoms with Crippen molar-refractivity contribution < 1.29 is 30.3 Å². The van der Waals surface area contributed by atoms with E-state index in [-0.39, 0.29) is 0 Å². The van der Waals surface area contributed by atoms with Crippen molar-refractivity contribution in [3.05, 3.63) is 0 Å². The van der Waals surface area contributed by atoms with Gasteiger partial charge in [0.15, 0.2) is 6.10 Å². The number of nitrogens with one attached hydrogen (secondary N) is 1. The summed E-state index contributed by atoms with van der Waals surface area (Å²) in [5.41, 5.74) is 0. The molecular formula is C10H21NO6. The minimum absolute atomic E-state index is 0.359. The second-order valence-electron chi connectivity index (χ2n) is 3.82. The van der Waals surface area contributed by atoms with Crippen LogP contribution in [-0.2, 0) is 4.79 Å². The van der Waals surface area contributed by atoms with E-state index in [1.54, 1.807) is 0 Å². The molecule has 0 heterocycles. The molecule has 0 aromatic rings. The van der Waals surface area contributed by atoms with Gasteiger partial charge in [0.1, 0.15) is 18.3 Å². The Labute approximate surface area is 99.7 Å². The lowest BCUT2D eigenvalue weighted by atomic mass is 10.0. The Balaban J connectivity index is 4.18. The summed E-state index contributed by atoms with van der Waals surface area (Å²) in [7, 11) is 0. The monoisotopic (exact) mass is 251 g/mol. The molecule has 102 valence electrons. The third-order valence-electron chi connectivity index (χ3n) is 2.35. The molecule has 0 aliphatic heterocycles. The highest BCUT2D eigenvalue weighted by Gasteiger charge is 2.33. The Bertz CT molecular complexity index is 225. The molecule has 0 unspecified atom stereocenters. The van der Waals surface area contributed by atoms with Crippen molar-refractivity contribution in [3.63, 3.8) is 0 Å². The first-order chi connectivity index (χ1) is 7.95. The highest BCUT2D eigenvalue weighted by Crippen LogP contribution is 2.05. The summed E-state index contributed by atoms with van der Waals surface area (Å²) in [5, 5.41) is 48.0. The SMILES string of the molecule is CCCCNC(=O)[C@H](O)[C@H](O)[C@H](O)[C@H](O)CO. The van der Waals surface area contributed by atoms with Gasteiger partial charge in [-0.15, -0.1) is 0 Å². The maximum absolute atomic E-state index is 11.3. The molecule has 4 atom stereocenters. The van der Waals surface area contributed by atoms with E-state index in [0.717, 1.165) is 12.8 Å². The second-order valence-corrected chi connectivity index (χ2v) is 3.82. The van der Waals surface area contributed by atoms with Gasteiger partial charge in [0, 0.05) is 6.54 Å². The summed E-state index contributed by atoms with van der Waals surface area (Å²) in [5.74, 6) is -0.824. The molecule has 0 rings (SSSR count). The van der Waals surface area contributed by atoms with Gasteiger partial charge in [-0.25, -0.2) is 0 Å². The molecule has 0 aromatic carbocycles. The molecular weight excluding hydrogens is 230 g/mol. The molecule has 0 aliphatic carbocycles. The van der Waals surface area contributed by atoms with Crippen molar-refractivity contribution in [2.45, 2.75) is 44.2 Å². The number of hydrogen-bond donors (Lipinski definition) is 6. The molecule has 0 fully saturated rings. The topological polar surface area (TPSA) is 130 Å². The van der Waals surface area contributed by atoms with Crippen LogP contribution in [0.1, 0.15) is 19.8 Å². The van der Waals surface area contributed by atoms with Gasteiger partial charge in [0.2, 0.25) is 0 Å². The minimum Gasteiger partial charge on any atom is -0.394 e. The zero-order valence-corrected chi connectivity index (χ0v) is 9.78. The van der Waals surface area contributed by atoms with Gasteiger partial charge in [-0.2, -0.15) is 0 Å². The fraction of sp³-hybridized carbons (Fsp3) is 0.900. The number of carbonyl (C=O) groups excluding carboxylic acids is 1. The molecule has 17 heavy (non-hydrogen) atoms. The fourth-order valence-corrected chi connectivity index (χ4v) is 1.17. The van der Waals surface area contributed by atoms with Gasteiger partial charge >= 0.3 is 0 Å².